The summed E-state index contributed by atoms with van der Waals surface area (Å²) >= 11 is 10.5. The zero-order valence-electron chi connectivity index (χ0n) is 16.3. The monoisotopic (exact) mass is 518 g/mol. The molecule has 0 unspecified atom stereocenters. The quantitative estimate of drug-likeness (QED) is 0.312. The molecular formula is C22H16BrClN2O4S. The van der Waals surface area contributed by atoms with Gasteiger partial charge in [-0.1, -0.05) is 39.7 Å². The van der Waals surface area contributed by atoms with Gasteiger partial charge in [0.05, 0.1) is 22.2 Å². The largest absolute Gasteiger partial charge is 0.465 e. The molecule has 0 spiro atoms. The van der Waals surface area contributed by atoms with E-state index in [1.807, 2.05) is 18.2 Å². The molecule has 2 aromatic carbocycles. The minimum absolute atomic E-state index is 0.0426. The highest BCUT2D eigenvalue weighted by molar-refractivity contribution is 9.10. The van der Waals surface area contributed by atoms with Crippen LogP contribution in [0, 0.1) is 0 Å². The molecule has 1 aromatic heterocycles. The maximum atomic E-state index is 13.0. The highest BCUT2D eigenvalue weighted by Crippen LogP contribution is 2.39. The second kappa shape index (κ2) is 8.90. The van der Waals surface area contributed by atoms with Crippen molar-refractivity contribution < 1.29 is 19.1 Å². The van der Waals surface area contributed by atoms with Gasteiger partial charge in [-0.2, -0.15) is 0 Å². The van der Waals surface area contributed by atoms with Gasteiger partial charge in [0.1, 0.15) is 6.54 Å². The van der Waals surface area contributed by atoms with Gasteiger partial charge in [-0.15, -0.1) is 0 Å². The van der Waals surface area contributed by atoms with Crippen molar-refractivity contribution in [3.8, 4) is 0 Å². The van der Waals surface area contributed by atoms with Crippen LogP contribution in [0.15, 0.2) is 58.0 Å². The Bertz CT molecular complexity index is 1250. The number of carbonyl (C=O) groups is 3. The van der Waals surface area contributed by atoms with E-state index in [1.165, 1.54) is 0 Å². The minimum Gasteiger partial charge on any atom is -0.465 e. The van der Waals surface area contributed by atoms with E-state index in [2.05, 4.69) is 15.9 Å². The standard InChI is InChI=1S/C22H16BrClN2O4S/c1-2-30-20(27)12-25-11-13(15-10-14(23)7-8-17(15)25)9-19-21(28)26(22(29)31-19)18-6-4-3-5-16(18)24/h3-11H,2,12H2,1H3/b19-9-. The third-order valence-electron chi connectivity index (χ3n) is 4.65. The van der Waals surface area contributed by atoms with Gasteiger partial charge in [-0.25, -0.2) is 4.90 Å². The number of hydrogen-bond donors (Lipinski definition) is 0. The summed E-state index contributed by atoms with van der Waals surface area (Å²) in [6.07, 6.45) is 3.44. The average molecular weight is 520 g/mol. The predicted octanol–water partition coefficient (Wildman–Crippen LogP) is 5.86. The van der Waals surface area contributed by atoms with Crippen molar-refractivity contribution in [2.45, 2.75) is 13.5 Å². The lowest BCUT2D eigenvalue weighted by Gasteiger charge is -2.13. The van der Waals surface area contributed by atoms with Crippen molar-refractivity contribution in [3.05, 3.63) is 68.6 Å². The van der Waals surface area contributed by atoms with E-state index in [-0.39, 0.29) is 17.4 Å². The number of halogens is 2. The summed E-state index contributed by atoms with van der Waals surface area (Å²) in [6.45, 7) is 2.09. The second-order valence-electron chi connectivity index (χ2n) is 6.65. The summed E-state index contributed by atoms with van der Waals surface area (Å²) < 4.78 is 7.68. The number of anilines is 1. The van der Waals surface area contributed by atoms with Crippen LogP contribution in [0.3, 0.4) is 0 Å². The van der Waals surface area contributed by atoms with Gasteiger partial charge in [0, 0.05) is 27.1 Å². The zero-order valence-corrected chi connectivity index (χ0v) is 19.5. The van der Waals surface area contributed by atoms with Crippen molar-refractivity contribution in [1.82, 2.24) is 4.57 Å². The lowest BCUT2D eigenvalue weighted by Crippen LogP contribution is -2.27. The summed E-state index contributed by atoms with van der Waals surface area (Å²) in [4.78, 5) is 39.0. The fraction of sp³-hybridized carbons (Fsp3) is 0.136. The van der Waals surface area contributed by atoms with Crippen molar-refractivity contribution in [2.75, 3.05) is 11.5 Å². The van der Waals surface area contributed by atoms with Crippen LogP contribution in [0.25, 0.3) is 17.0 Å². The summed E-state index contributed by atoms with van der Waals surface area (Å²) in [5.41, 5.74) is 1.88. The third-order valence-corrected chi connectivity index (χ3v) is 6.33. The molecule has 1 fully saturated rings. The van der Waals surface area contributed by atoms with Crippen LogP contribution in [-0.4, -0.2) is 28.3 Å². The Morgan fingerprint density at radius 2 is 2.00 bits per heavy atom. The van der Waals surface area contributed by atoms with E-state index in [9.17, 15) is 14.4 Å². The highest BCUT2D eigenvalue weighted by atomic mass is 79.9. The Labute approximate surface area is 195 Å². The van der Waals surface area contributed by atoms with E-state index < -0.39 is 11.1 Å². The summed E-state index contributed by atoms with van der Waals surface area (Å²) in [7, 11) is 0. The maximum absolute atomic E-state index is 13.0. The van der Waals surface area contributed by atoms with Gasteiger partial charge >= 0.3 is 5.97 Å². The summed E-state index contributed by atoms with van der Waals surface area (Å²) in [5, 5.41) is 0.741. The van der Waals surface area contributed by atoms with Crippen LogP contribution in [-0.2, 0) is 20.9 Å². The van der Waals surface area contributed by atoms with Crippen LogP contribution >= 0.6 is 39.3 Å². The van der Waals surface area contributed by atoms with Crippen molar-refractivity contribution in [1.29, 1.82) is 0 Å². The molecule has 158 valence electrons. The molecule has 0 radical (unpaired) electrons. The Kier molecular flexibility index (Phi) is 6.22. The van der Waals surface area contributed by atoms with Crippen molar-refractivity contribution in [3.63, 3.8) is 0 Å². The topological polar surface area (TPSA) is 68.6 Å². The number of aromatic nitrogens is 1. The number of rotatable bonds is 5. The Morgan fingerprint density at radius 1 is 1.23 bits per heavy atom. The van der Waals surface area contributed by atoms with Gasteiger partial charge in [-0.3, -0.25) is 14.4 Å². The molecule has 0 aliphatic carbocycles. The molecule has 0 bridgehead atoms. The fourth-order valence-electron chi connectivity index (χ4n) is 3.34. The molecule has 1 saturated heterocycles. The molecule has 31 heavy (non-hydrogen) atoms. The molecule has 1 aliphatic rings. The number of ether oxygens (including phenoxy) is 1. The first kappa shape index (κ1) is 21.7. The number of fused-ring (bicyclic) bond motifs is 1. The maximum Gasteiger partial charge on any atom is 0.325 e. The number of thioether (sulfide) groups is 1. The minimum atomic E-state index is -0.440. The average Bonchev–Trinajstić information content (AvgIpc) is 3.19. The molecule has 2 amide bonds. The first-order valence-corrected chi connectivity index (χ1v) is 11.3. The molecule has 9 heteroatoms. The Hall–Kier alpha value is -2.55. The normalized spacial score (nSPS) is 15.3. The molecule has 4 rings (SSSR count). The molecule has 6 nitrogen and oxygen atoms in total. The molecule has 2 heterocycles. The molecular weight excluding hydrogens is 504 g/mol. The highest BCUT2D eigenvalue weighted by Gasteiger charge is 2.37. The summed E-state index contributed by atoms with van der Waals surface area (Å²) in [5.74, 6) is -0.794. The van der Waals surface area contributed by atoms with Crippen LogP contribution in [0.1, 0.15) is 12.5 Å². The number of esters is 1. The first-order valence-electron chi connectivity index (χ1n) is 9.35. The molecule has 0 N–H and O–H groups in total. The number of nitrogens with zero attached hydrogens (tertiary/aromatic N) is 2. The third kappa shape index (κ3) is 4.28. The number of hydrogen-bond acceptors (Lipinski definition) is 5. The Morgan fingerprint density at radius 3 is 2.74 bits per heavy atom. The fourth-order valence-corrected chi connectivity index (χ4v) is 4.74. The van der Waals surface area contributed by atoms with Gasteiger partial charge < -0.3 is 9.30 Å². The summed E-state index contributed by atoms with van der Waals surface area (Å²) in [6, 6.07) is 12.4. The number of amides is 2. The van der Waals surface area contributed by atoms with E-state index in [0.29, 0.717) is 22.9 Å². The van der Waals surface area contributed by atoms with E-state index in [4.69, 9.17) is 16.3 Å². The smallest absolute Gasteiger partial charge is 0.325 e. The van der Waals surface area contributed by atoms with Crippen molar-refractivity contribution >= 4 is 79.1 Å². The SMILES string of the molecule is CCOC(=O)Cn1cc(/C=C2\SC(=O)N(c3ccccc3Cl)C2=O)c2cc(Br)ccc21. The number of benzene rings is 2. The van der Waals surface area contributed by atoms with Gasteiger partial charge in [0.15, 0.2) is 0 Å². The first-order chi connectivity index (χ1) is 14.9. The van der Waals surface area contributed by atoms with Gasteiger partial charge in [0.25, 0.3) is 11.1 Å². The van der Waals surface area contributed by atoms with Crippen LogP contribution in [0.5, 0.6) is 0 Å². The van der Waals surface area contributed by atoms with Crippen molar-refractivity contribution in [2.24, 2.45) is 0 Å². The van der Waals surface area contributed by atoms with Crippen LogP contribution in [0.2, 0.25) is 5.02 Å². The zero-order chi connectivity index (χ0) is 22.1. The Balaban J connectivity index is 1.75. The number of para-hydroxylation sites is 1. The molecule has 1 aliphatic heterocycles. The molecule has 3 aromatic rings. The number of imide groups is 1. The van der Waals surface area contributed by atoms with E-state index >= 15 is 0 Å². The lowest BCUT2D eigenvalue weighted by molar-refractivity contribution is -0.143. The van der Waals surface area contributed by atoms with Crippen LogP contribution < -0.4 is 4.90 Å². The van der Waals surface area contributed by atoms with Gasteiger partial charge in [0.2, 0.25) is 0 Å². The molecule has 0 atom stereocenters. The predicted molar refractivity (Wildman–Crippen MR) is 126 cm³/mol. The van der Waals surface area contributed by atoms with E-state index in [0.717, 1.165) is 32.0 Å². The van der Waals surface area contributed by atoms with Crippen LogP contribution in [0.4, 0.5) is 10.5 Å². The number of carbonyl (C=O) groups excluding carboxylic acids is 3. The van der Waals surface area contributed by atoms with Gasteiger partial charge in [-0.05, 0) is 55.1 Å². The second-order valence-corrected chi connectivity index (χ2v) is 8.96. The lowest BCUT2D eigenvalue weighted by atomic mass is 10.1. The van der Waals surface area contributed by atoms with E-state index in [1.54, 1.807) is 48.0 Å². The molecule has 0 saturated carbocycles.